The van der Waals surface area contributed by atoms with Gasteiger partial charge in [-0.3, -0.25) is 4.79 Å². The minimum atomic E-state index is -1.02. The number of hydrogen-bond donors (Lipinski definition) is 1. The van der Waals surface area contributed by atoms with E-state index in [1.165, 1.54) is 13.2 Å². The number of ketones is 1. The van der Waals surface area contributed by atoms with Crippen LogP contribution in [0.5, 0.6) is 0 Å². The first kappa shape index (κ1) is 15.0. The second kappa shape index (κ2) is 6.37. The summed E-state index contributed by atoms with van der Waals surface area (Å²) in [5.41, 5.74) is 0.731. The van der Waals surface area contributed by atoms with E-state index in [2.05, 4.69) is 10.2 Å². The number of furan rings is 1. The summed E-state index contributed by atoms with van der Waals surface area (Å²) in [5.74, 6) is -0.391. The molecule has 2 aromatic heterocycles. The lowest BCUT2D eigenvalue weighted by Gasteiger charge is -2.03. The van der Waals surface area contributed by atoms with Gasteiger partial charge in [0.1, 0.15) is 11.7 Å². The second-order valence-electron chi connectivity index (χ2n) is 4.26. The molecule has 1 N–H and O–H groups in total. The van der Waals surface area contributed by atoms with Gasteiger partial charge >= 0.3 is 0 Å². The third-order valence-electron chi connectivity index (χ3n) is 2.72. The summed E-state index contributed by atoms with van der Waals surface area (Å²) in [6.45, 7) is 3.21. The number of nitrogens with one attached hydrogen (secondary N) is 1. The molecular weight excluding hydrogens is 292 g/mol. The van der Waals surface area contributed by atoms with Gasteiger partial charge in [-0.2, -0.15) is 5.26 Å². The largest absolute Gasteiger partial charge is 0.469 e. The number of carbonyl (C=O) groups is 1. The number of rotatable bonds is 6. The lowest BCUT2D eigenvalue weighted by Crippen LogP contribution is -2.21. The Morgan fingerprint density at radius 2 is 2.33 bits per heavy atom. The van der Waals surface area contributed by atoms with Crippen LogP contribution in [0.3, 0.4) is 0 Å². The normalized spacial score (nSPS) is 11.9. The van der Waals surface area contributed by atoms with Crippen LogP contribution in [0.15, 0.2) is 26.4 Å². The number of nitrogens with zero attached hydrogens (tertiary/aromatic N) is 3. The van der Waals surface area contributed by atoms with E-state index in [0.717, 1.165) is 11.8 Å². The number of Topliss-reactive ketones (excluding diaryl/α,β-unsaturated/α-hetero) is 1. The van der Waals surface area contributed by atoms with Gasteiger partial charge in [0.2, 0.25) is 0 Å². The molecule has 7 nitrogen and oxygen atoms in total. The molecule has 0 spiro atoms. The molecule has 0 aliphatic carbocycles. The van der Waals surface area contributed by atoms with E-state index in [1.54, 1.807) is 19.1 Å². The lowest BCUT2D eigenvalue weighted by atomic mass is 10.0. The Hall–Kier alpha value is -2.40. The maximum absolute atomic E-state index is 11.8. The van der Waals surface area contributed by atoms with Crippen LogP contribution < -0.4 is 0 Å². The predicted molar refractivity (Wildman–Crippen MR) is 75.0 cm³/mol. The van der Waals surface area contributed by atoms with Crippen molar-refractivity contribution in [2.75, 3.05) is 5.75 Å². The van der Waals surface area contributed by atoms with Crippen molar-refractivity contribution in [1.82, 2.24) is 10.2 Å². The Balaban J connectivity index is 2.01. The molecule has 0 aliphatic rings. The topological polar surface area (TPSA) is 117 Å². The standard InChI is InChI=1S/C13H12N4O3S/c1-7(15)10(5-14)11(18)6-21-13-17-16-12(20-13)9-3-4-19-8(9)2/h3-4,10,15H,6H2,1-2H3/t10-/m1/s1. The zero-order valence-corrected chi connectivity index (χ0v) is 12.2. The molecule has 0 unspecified atom stereocenters. The molecule has 21 heavy (non-hydrogen) atoms. The second-order valence-corrected chi connectivity index (χ2v) is 5.19. The first-order valence-electron chi connectivity index (χ1n) is 6.01. The zero-order valence-electron chi connectivity index (χ0n) is 11.4. The van der Waals surface area contributed by atoms with Crippen molar-refractivity contribution in [3.63, 3.8) is 0 Å². The molecule has 0 radical (unpaired) electrons. The molecule has 0 aliphatic heterocycles. The van der Waals surface area contributed by atoms with Crippen molar-refractivity contribution in [2.24, 2.45) is 5.92 Å². The van der Waals surface area contributed by atoms with Crippen LogP contribution in [-0.2, 0) is 4.79 Å². The van der Waals surface area contributed by atoms with Crippen LogP contribution in [0.1, 0.15) is 12.7 Å². The highest BCUT2D eigenvalue weighted by Crippen LogP contribution is 2.26. The van der Waals surface area contributed by atoms with E-state index in [1.807, 2.05) is 0 Å². The summed E-state index contributed by atoms with van der Waals surface area (Å²) in [7, 11) is 0. The van der Waals surface area contributed by atoms with Crippen LogP contribution >= 0.6 is 11.8 Å². The van der Waals surface area contributed by atoms with Gasteiger partial charge in [0, 0.05) is 5.71 Å². The van der Waals surface area contributed by atoms with E-state index < -0.39 is 5.92 Å². The van der Waals surface area contributed by atoms with Crippen LogP contribution in [0.25, 0.3) is 11.5 Å². The van der Waals surface area contributed by atoms with Gasteiger partial charge in [0.05, 0.1) is 23.6 Å². The summed E-state index contributed by atoms with van der Waals surface area (Å²) >= 11 is 1.05. The fraction of sp³-hybridized carbons (Fsp3) is 0.308. The molecule has 0 saturated heterocycles. The van der Waals surface area contributed by atoms with Gasteiger partial charge in [-0.25, -0.2) is 0 Å². The van der Waals surface area contributed by atoms with Crippen molar-refractivity contribution >= 4 is 23.3 Å². The molecule has 108 valence electrons. The highest BCUT2D eigenvalue weighted by atomic mass is 32.2. The number of aromatic nitrogens is 2. The van der Waals surface area contributed by atoms with Gasteiger partial charge in [-0.05, 0) is 19.9 Å². The Morgan fingerprint density at radius 1 is 1.57 bits per heavy atom. The van der Waals surface area contributed by atoms with Crippen molar-refractivity contribution in [1.29, 1.82) is 10.7 Å². The molecule has 0 aromatic carbocycles. The molecule has 0 amide bonds. The average molecular weight is 304 g/mol. The first-order chi connectivity index (χ1) is 10.0. The van der Waals surface area contributed by atoms with Crippen molar-refractivity contribution < 1.29 is 13.6 Å². The Kier molecular flexibility index (Phi) is 4.55. The molecule has 1 atom stereocenters. The summed E-state index contributed by atoms with van der Waals surface area (Å²) in [4.78, 5) is 11.8. The molecule has 2 heterocycles. The Bertz CT molecular complexity index is 713. The monoisotopic (exact) mass is 304 g/mol. The molecular formula is C13H12N4O3S. The predicted octanol–water partition coefficient (Wildman–Crippen LogP) is 2.48. The van der Waals surface area contributed by atoms with E-state index in [4.69, 9.17) is 19.5 Å². The summed E-state index contributed by atoms with van der Waals surface area (Å²) in [6, 6.07) is 3.52. The Labute approximate surface area is 124 Å². The number of aryl methyl sites for hydroxylation is 1. The summed E-state index contributed by atoms with van der Waals surface area (Å²) < 4.78 is 10.6. The van der Waals surface area contributed by atoms with Crippen molar-refractivity contribution in [3.05, 3.63) is 18.1 Å². The number of nitriles is 1. The van der Waals surface area contributed by atoms with Gasteiger partial charge < -0.3 is 14.2 Å². The quantitative estimate of drug-likeness (QED) is 0.643. The molecule has 8 heteroatoms. The SMILES string of the molecule is CC(=N)[C@@H](C#N)C(=O)CSc1nnc(-c2ccoc2C)o1. The first-order valence-corrected chi connectivity index (χ1v) is 6.99. The third kappa shape index (κ3) is 3.38. The summed E-state index contributed by atoms with van der Waals surface area (Å²) in [6.07, 6.45) is 1.52. The lowest BCUT2D eigenvalue weighted by molar-refractivity contribution is -0.117. The number of carbonyl (C=O) groups excluding carboxylic acids is 1. The third-order valence-corrected chi connectivity index (χ3v) is 3.56. The van der Waals surface area contributed by atoms with Crippen LogP contribution in [0, 0.1) is 29.6 Å². The number of thioether (sulfide) groups is 1. The molecule has 2 rings (SSSR count). The average Bonchev–Trinajstić information content (AvgIpc) is 3.05. The van der Waals surface area contributed by atoms with Crippen LogP contribution in [0.4, 0.5) is 0 Å². The number of hydrogen-bond acceptors (Lipinski definition) is 8. The van der Waals surface area contributed by atoms with E-state index in [-0.39, 0.29) is 22.5 Å². The minimum absolute atomic E-state index is 0.000445. The van der Waals surface area contributed by atoms with Crippen molar-refractivity contribution in [2.45, 2.75) is 19.1 Å². The minimum Gasteiger partial charge on any atom is -0.469 e. The van der Waals surface area contributed by atoms with E-state index >= 15 is 0 Å². The van der Waals surface area contributed by atoms with Crippen LogP contribution in [-0.4, -0.2) is 27.4 Å². The van der Waals surface area contributed by atoms with Crippen molar-refractivity contribution in [3.8, 4) is 17.5 Å². The maximum atomic E-state index is 11.8. The zero-order chi connectivity index (χ0) is 15.4. The smallest absolute Gasteiger partial charge is 0.277 e. The Morgan fingerprint density at radius 3 is 2.90 bits per heavy atom. The summed E-state index contributed by atoms with van der Waals surface area (Å²) in [5, 5.41) is 24.2. The van der Waals surface area contributed by atoms with Gasteiger partial charge in [0.15, 0.2) is 5.78 Å². The van der Waals surface area contributed by atoms with Crippen LogP contribution in [0.2, 0.25) is 0 Å². The molecule has 0 saturated carbocycles. The van der Waals surface area contributed by atoms with Gasteiger partial charge in [-0.15, -0.1) is 10.2 Å². The fourth-order valence-corrected chi connectivity index (χ4v) is 2.28. The maximum Gasteiger partial charge on any atom is 0.277 e. The fourth-order valence-electron chi connectivity index (χ4n) is 1.61. The highest BCUT2D eigenvalue weighted by molar-refractivity contribution is 7.99. The molecule has 0 fully saturated rings. The molecule has 2 aromatic rings. The van der Waals surface area contributed by atoms with Gasteiger partial charge in [0.25, 0.3) is 11.1 Å². The molecule has 0 bridgehead atoms. The highest BCUT2D eigenvalue weighted by Gasteiger charge is 2.21. The van der Waals surface area contributed by atoms with E-state index in [0.29, 0.717) is 17.2 Å². The van der Waals surface area contributed by atoms with Gasteiger partial charge in [-0.1, -0.05) is 11.8 Å². The van der Waals surface area contributed by atoms with E-state index in [9.17, 15) is 4.79 Å².